The molecule has 2 saturated heterocycles. The van der Waals surface area contributed by atoms with Crippen LogP contribution in [-0.2, 0) is 28.7 Å². The van der Waals surface area contributed by atoms with Crippen molar-refractivity contribution in [3.8, 4) is 16.9 Å². The van der Waals surface area contributed by atoms with Crippen LogP contribution in [0.15, 0.2) is 51.7 Å². The van der Waals surface area contributed by atoms with Gasteiger partial charge in [0.05, 0.1) is 28.2 Å². The quantitative estimate of drug-likeness (QED) is 0.206. The first-order valence-corrected chi connectivity index (χ1v) is 17.6. The molecule has 2 aromatic carbocycles. The van der Waals surface area contributed by atoms with E-state index in [9.17, 15) is 14.4 Å². The van der Waals surface area contributed by atoms with Gasteiger partial charge in [-0.05, 0) is 83.6 Å². The number of Topliss-reactive ketones (excluding diaryl/α,β-unsaturated/α-hetero) is 2. The molecule has 3 aliphatic heterocycles. The van der Waals surface area contributed by atoms with Gasteiger partial charge in [-0.25, -0.2) is 4.79 Å². The van der Waals surface area contributed by atoms with Crippen LogP contribution in [0.4, 0.5) is 0 Å². The summed E-state index contributed by atoms with van der Waals surface area (Å²) in [6.45, 7) is 16.6. The van der Waals surface area contributed by atoms with E-state index in [1.165, 1.54) is 0 Å². The lowest BCUT2D eigenvalue weighted by Crippen LogP contribution is -2.62. The summed E-state index contributed by atoms with van der Waals surface area (Å²) in [5, 5.41) is 0.588. The molecule has 2 aliphatic carbocycles. The van der Waals surface area contributed by atoms with Crippen LogP contribution < -0.4 is 10.4 Å². The first-order valence-electron chi connectivity index (χ1n) is 17.6. The largest absolute Gasteiger partial charge is 0.487 e. The summed E-state index contributed by atoms with van der Waals surface area (Å²) in [7, 11) is 0. The van der Waals surface area contributed by atoms with Crippen molar-refractivity contribution >= 4 is 34.5 Å². The molecule has 262 valence electrons. The molecule has 6 atom stereocenters. The molecule has 2 saturated carbocycles. The molecule has 0 spiro atoms. The SMILES string of the molecule is Cc1c(-c2ccccc2)c(=O)oc2c3c(ccc12)OC(C)(C)[C@H](C(=O)[C@@]12CC[C@@](C)(C(=O)O1)C2(C)C)[C@H]3C(=O)[C@@]12CC[C@@](C)(C(=O)O1)C2(C)C. The number of rotatable bonds is 5. The fourth-order valence-corrected chi connectivity index (χ4v) is 10.5. The van der Waals surface area contributed by atoms with Crippen LogP contribution in [0.5, 0.6) is 5.75 Å². The zero-order valence-corrected chi connectivity index (χ0v) is 30.2. The van der Waals surface area contributed by atoms with E-state index in [1.807, 2.05) is 84.9 Å². The monoisotopic (exact) mass is 680 g/mol. The number of hydrogen-bond acceptors (Lipinski definition) is 9. The molecule has 5 aliphatic rings. The second-order valence-corrected chi connectivity index (χ2v) is 17.3. The minimum absolute atomic E-state index is 0.145. The van der Waals surface area contributed by atoms with Gasteiger partial charge in [0.25, 0.3) is 0 Å². The van der Waals surface area contributed by atoms with Crippen molar-refractivity contribution in [1.82, 2.24) is 0 Å². The van der Waals surface area contributed by atoms with Crippen LogP contribution in [0.3, 0.4) is 0 Å². The van der Waals surface area contributed by atoms with E-state index in [2.05, 4.69) is 0 Å². The lowest BCUT2D eigenvalue weighted by atomic mass is 9.57. The van der Waals surface area contributed by atoms with Gasteiger partial charge < -0.3 is 18.6 Å². The molecule has 4 fully saturated rings. The minimum atomic E-state index is -1.56. The number of carbonyl (C=O) groups excluding carboxylic acids is 4. The molecule has 0 unspecified atom stereocenters. The smallest absolute Gasteiger partial charge is 0.344 e. The second kappa shape index (κ2) is 9.53. The Kier molecular flexibility index (Phi) is 6.27. The maximum absolute atomic E-state index is 15.7. The van der Waals surface area contributed by atoms with Crippen LogP contribution in [0.1, 0.15) is 98.1 Å². The van der Waals surface area contributed by atoms with Crippen molar-refractivity contribution < 1.29 is 37.8 Å². The third-order valence-corrected chi connectivity index (χ3v) is 14.7. The van der Waals surface area contributed by atoms with E-state index < -0.39 is 79.4 Å². The van der Waals surface area contributed by atoms with Crippen molar-refractivity contribution in [2.24, 2.45) is 27.6 Å². The molecule has 0 amide bonds. The highest BCUT2D eigenvalue weighted by Crippen LogP contribution is 2.70. The number of benzene rings is 2. The van der Waals surface area contributed by atoms with E-state index in [0.29, 0.717) is 47.1 Å². The van der Waals surface area contributed by atoms with Crippen molar-refractivity contribution in [2.75, 3.05) is 0 Å². The topological polar surface area (TPSA) is 126 Å². The van der Waals surface area contributed by atoms with E-state index in [0.717, 1.165) is 0 Å². The van der Waals surface area contributed by atoms with Gasteiger partial charge in [-0.1, -0.05) is 58.0 Å². The molecule has 4 heterocycles. The standard InChI is InChI=1S/C41H44O9/c1-21-23-15-16-24-26(29(23)47-32(44)25(21)22-13-11-10-12-14-22)27(30(42)40-19-17-38(8,33(45)49-40)36(40,4)5)28(35(2,3)48-24)31(43)41-20-18-39(9,34(46)50-41)37(41,6)7/h10-16,27-28H,17-20H2,1-9H3/t27-,28-,38-,39-,40+,41+/m0/s1. The molecule has 4 bridgehead atoms. The van der Waals surface area contributed by atoms with Gasteiger partial charge in [0, 0.05) is 21.8 Å². The van der Waals surface area contributed by atoms with Crippen molar-refractivity contribution in [3.63, 3.8) is 0 Å². The molecule has 3 aromatic rings. The molecule has 1 aromatic heterocycles. The van der Waals surface area contributed by atoms with Crippen LogP contribution in [-0.4, -0.2) is 40.3 Å². The third-order valence-electron chi connectivity index (χ3n) is 14.7. The van der Waals surface area contributed by atoms with Crippen LogP contribution in [0, 0.1) is 34.5 Å². The second-order valence-electron chi connectivity index (χ2n) is 17.3. The predicted octanol–water partition coefficient (Wildman–Crippen LogP) is 7.02. The van der Waals surface area contributed by atoms with Gasteiger partial charge in [0.2, 0.25) is 0 Å². The average molecular weight is 681 g/mol. The summed E-state index contributed by atoms with van der Waals surface area (Å²) < 4.78 is 25.2. The molecule has 0 N–H and O–H groups in total. The highest BCUT2D eigenvalue weighted by Gasteiger charge is 2.80. The third kappa shape index (κ3) is 3.47. The van der Waals surface area contributed by atoms with E-state index in [-0.39, 0.29) is 17.6 Å². The van der Waals surface area contributed by atoms with Crippen molar-refractivity contribution in [1.29, 1.82) is 0 Å². The summed E-state index contributed by atoms with van der Waals surface area (Å²) >= 11 is 0. The van der Waals surface area contributed by atoms with Crippen LogP contribution >= 0.6 is 0 Å². The number of esters is 2. The fourth-order valence-electron chi connectivity index (χ4n) is 10.5. The molecular weight excluding hydrogens is 636 g/mol. The normalized spacial score (nSPS) is 35.4. The predicted molar refractivity (Wildman–Crippen MR) is 183 cm³/mol. The molecule has 9 heteroatoms. The zero-order chi connectivity index (χ0) is 36.2. The van der Waals surface area contributed by atoms with Crippen LogP contribution in [0.2, 0.25) is 0 Å². The summed E-state index contributed by atoms with van der Waals surface area (Å²) in [5.74, 6) is -3.89. The molecule has 9 nitrogen and oxygen atoms in total. The minimum Gasteiger partial charge on any atom is -0.487 e. The molecule has 8 rings (SSSR count). The van der Waals surface area contributed by atoms with Crippen molar-refractivity contribution in [3.05, 3.63) is 64.0 Å². The number of carbonyl (C=O) groups is 4. The molecule has 50 heavy (non-hydrogen) atoms. The van der Waals surface area contributed by atoms with E-state index >= 15 is 9.59 Å². The average Bonchev–Trinajstić information content (AvgIpc) is 3.51. The van der Waals surface area contributed by atoms with Crippen molar-refractivity contribution in [2.45, 2.75) is 111 Å². The number of aryl methyl sites for hydroxylation is 1. The zero-order valence-electron chi connectivity index (χ0n) is 30.2. The van der Waals surface area contributed by atoms with Gasteiger partial charge in [-0.3, -0.25) is 19.2 Å². The van der Waals surface area contributed by atoms with E-state index in [4.69, 9.17) is 18.6 Å². The Hall–Kier alpha value is -4.27. The number of hydrogen-bond donors (Lipinski definition) is 0. The lowest BCUT2D eigenvalue weighted by Gasteiger charge is -2.49. The summed E-state index contributed by atoms with van der Waals surface area (Å²) in [5.41, 5.74) is -6.43. The summed E-state index contributed by atoms with van der Waals surface area (Å²) in [6, 6.07) is 12.8. The van der Waals surface area contributed by atoms with Gasteiger partial charge in [0.1, 0.15) is 16.9 Å². The first kappa shape index (κ1) is 32.9. The van der Waals surface area contributed by atoms with Gasteiger partial charge in [0.15, 0.2) is 22.8 Å². The number of ketones is 2. The first-order chi connectivity index (χ1) is 23.2. The Morgan fingerprint density at radius 3 is 1.72 bits per heavy atom. The Bertz CT molecular complexity index is 2140. The highest BCUT2D eigenvalue weighted by atomic mass is 16.6. The summed E-state index contributed by atoms with van der Waals surface area (Å²) in [4.78, 5) is 72.1. The Balaban J connectivity index is 1.41. The maximum Gasteiger partial charge on any atom is 0.344 e. The summed E-state index contributed by atoms with van der Waals surface area (Å²) in [6.07, 6.45) is 1.49. The number of ether oxygens (including phenoxy) is 3. The highest BCUT2D eigenvalue weighted by molar-refractivity contribution is 6.09. The number of fused-ring (bicyclic) bond motifs is 7. The Morgan fingerprint density at radius 2 is 1.22 bits per heavy atom. The molecular formula is C41H44O9. The van der Waals surface area contributed by atoms with Crippen LogP contribution in [0.25, 0.3) is 22.1 Å². The maximum atomic E-state index is 15.7. The van der Waals surface area contributed by atoms with E-state index in [1.54, 1.807) is 19.9 Å². The molecule has 0 radical (unpaired) electrons. The van der Waals surface area contributed by atoms with Gasteiger partial charge >= 0.3 is 17.6 Å². The fraction of sp³-hybridized carbons (Fsp3) is 0.537. The Labute approximate surface area is 291 Å². The van der Waals surface area contributed by atoms with Gasteiger partial charge in [-0.15, -0.1) is 0 Å². The Morgan fingerprint density at radius 1 is 0.680 bits per heavy atom. The van der Waals surface area contributed by atoms with Gasteiger partial charge in [-0.2, -0.15) is 0 Å². The lowest BCUT2D eigenvalue weighted by molar-refractivity contribution is -0.177.